The van der Waals surface area contributed by atoms with Gasteiger partial charge in [-0.25, -0.2) is 0 Å². The fourth-order valence-corrected chi connectivity index (χ4v) is 3.48. The number of carbonyl (C=O) groups excluding carboxylic acids is 1. The normalized spacial score (nSPS) is 25.4. The second kappa shape index (κ2) is 9.41. The summed E-state index contributed by atoms with van der Waals surface area (Å²) in [6.07, 6.45) is 4.98. The second-order valence-corrected chi connectivity index (χ2v) is 7.05. The minimum atomic E-state index is 0. The maximum atomic E-state index is 12.3. The maximum absolute atomic E-state index is 12.3. The molecule has 1 aliphatic heterocycles. The summed E-state index contributed by atoms with van der Waals surface area (Å²) >= 11 is 0. The Bertz CT molecular complexity index is 576. The molecule has 3 unspecified atom stereocenters. The van der Waals surface area contributed by atoms with Gasteiger partial charge in [0.15, 0.2) is 0 Å². The third-order valence-corrected chi connectivity index (χ3v) is 4.97. The van der Waals surface area contributed by atoms with E-state index in [1.807, 2.05) is 25.1 Å². The van der Waals surface area contributed by atoms with Gasteiger partial charge in [0, 0.05) is 30.7 Å². The van der Waals surface area contributed by atoms with Gasteiger partial charge in [-0.05, 0) is 50.7 Å². The van der Waals surface area contributed by atoms with Crippen LogP contribution >= 0.6 is 12.4 Å². The van der Waals surface area contributed by atoms with E-state index < -0.39 is 0 Å². The van der Waals surface area contributed by atoms with Gasteiger partial charge in [-0.2, -0.15) is 0 Å². The van der Waals surface area contributed by atoms with E-state index >= 15 is 0 Å². The zero-order chi connectivity index (χ0) is 16.9. The van der Waals surface area contributed by atoms with Crippen molar-refractivity contribution >= 4 is 18.3 Å². The van der Waals surface area contributed by atoms with E-state index in [1.165, 1.54) is 0 Å². The van der Waals surface area contributed by atoms with Crippen molar-refractivity contribution in [3.8, 4) is 5.75 Å². The van der Waals surface area contributed by atoms with Gasteiger partial charge in [0.1, 0.15) is 12.4 Å². The van der Waals surface area contributed by atoms with Crippen molar-refractivity contribution in [3.05, 3.63) is 29.3 Å². The fraction of sp³-hybridized carbons (Fsp3) is 0.632. The number of halogens is 1. The Morgan fingerprint density at radius 3 is 2.88 bits per heavy atom. The number of hydrogen-bond donors (Lipinski definition) is 2. The Morgan fingerprint density at radius 2 is 2.20 bits per heavy atom. The number of rotatable bonds is 6. The van der Waals surface area contributed by atoms with Gasteiger partial charge >= 0.3 is 0 Å². The van der Waals surface area contributed by atoms with Gasteiger partial charge in [-0.15, -0.1) is 12.4 Å². The molecule has 140 valence electrons. The van der Waals surface area contributed by atoms with E-state index in [2.05, 4.69) is 5.32 Å². The van der Waals surface area contributed by atoms with Gasteiger partial charge in [-0.1, -0.05) is 12.1 Å². The second-order valence-electron chi connectivity index (χ2n) is 7.05. The number of amides is 1. The van der Waals surface area contributed by atoms with Gasteiger partial charge in [-0.3, -0.25) is 4.79 Å². The zero-order valence-corrected chi connectivity index (χ0v) is 15.6. The minimum absolute atomic E-state index is 0. The largest absolute Gasteiger partial charge is 0.491 e. The summed E-state index contributed by atoms with van der Waals surface area (Å²) in [5, 5.41) is 3.04. The summed E-state index contributed by atoms with van der Waals surface area (Å²) < 4.78 is 11.6. The van der Waals surface area contributed by atoms with Crippen LogP contribution in [0, 0.1) is 12.8 Å². The van der Waals surface area contributed by atoms with Crippen LogP contribution in [-0.4, -0.2) is 31.3 Å². The molecule has 1 heterocycles. The molecule has 25 heavy (non-hydrogen) atoms. The van der Waals surface area contributed by atoms with Gasteiger partial charge < -0.3 is 20.5 Å². The van der Waals surface area contributed by atoms with Crippen molar-refractivity contribution in [2.24, 2.45) is 11.7 Å². The number of benzene rings is 1. The van der Waals surface area contributed by atoms with Crippen LogP contribution in [0.25, 0.3) is 0 Å². The SMILES string of the molecule is Cc1ccc(CNC(=O)C2CCC(N)C2)c(OCC2CCCO2)c1.Cl. The molecule has 0 aromatic heterocycles. The molecule has 1 saturated heterocycles. The van der Waals surface area contributed by atoms with Crippen LogP contribution in [0.15, 0.2) is 18.2 Å². The van der Waals surface area contributed by atoms with Crippen molar-refractivity contribution in [1.29, 1.82) is 0 Å². The molecule has 0 radical (unpaired) electrons. The van der Waals surface area contributed by atoms with Crippen molar-refractivity contribution in [3.63, 3.8) is 0 Å². The zero-order valence-electron chi connectivity index (χ0n) is 14.8. The summed E-state index contributed by atoms with van der Waals surface area (Å²) in [5.41, 5.74) is 8.05. The molecule has 2 aliphatic rings. The molecule has 0 spiro atoms. The van der Waals surface area contributed by atoms with Crippen LogP contribution in [0.4, 0.5) is 0 Å². The molecular formula is C19H29ClN2O3. The predicted molar refractivity (Wildman–Crippen MR) is 100 cm³/mol. The molecule has 0 bridgehead atoms. The maximum Gasteiger partial charge on any atom is 0.223 e. The van der Waals surface area contributed by atoms with Crippen LogP contribution < -0.4 is 15.8 Å². The molecule has 1 saturated carbocycles. The molecule has 1 aliphatic carbocycles. The molecule has 6 heteroatoms. The Hall–Kier alpha value is -1.30. The third-order valence-electron chi connectivity index (χ3n) is 4.97. The molecule has 1 aromatic carbocycles. The molecule has 5 nitrogen and oxygen atoms in total. The number of aryl methyl sites for hydroxylation is 1. The van der Waals surface area contributed by atoms with Gasteiger partial charge in [0.05, 0.1) is 6.10 Å². The van der Waals surface area contributed by atoms with Crippen LogP contribution in [0.3, 0.4) is 0 Å². The van der Waals surface area contributed by atoms with Crippen LogP contribution in [0.2, 0.25) is 0 Å². The van der Waals surface area contributed by atoms with Crippen molar-refractivity contribution in [2.75, 3.05) is 13.2 Å². The average molecular weight is 369 g/mol. The quantitative estimate of drug-likeness (QED) is 0.809. The van der Waals surface area contributed by atoms with Crippen molar-refractivity contribution < 1.29 is 14.3 Å². The van der Waals surface area contributed by atoms with Gasteiger partial charge in [0.2, 0.25) is 5.91 Å². The monoisotopic (exact) mass is 368 g/mol. The number of carbonyl (C=O) groups is 1. The lowest BCUT2D eigenvalue weighted by atomic mass is 10.1. The molecule has 3 rings (SSSR count). The number of nitrogens with two attached hydrogens (primary N) is 1. The first kappa shape index (κ1) is 20.0. The highest BCUT2D eigenvalue weighted by Crippen LogP contribution is 2.25. The lowest BCUT2D eigenvalue weighted by molar-refractivity contribution is -0.125. The molecule has 1 amide bonds. The molecule has 3 atom stereocenters. The van der Waals surface area contributed by atoms with Crippen LogP contribution in [-0.2, 0) is 16.1 Å². The molecule has 3 N–H and O–H groups in total. The van der Waals surface area contributed by atoms with E-state index in [1.54, 1.807) is 0 Å². The number of nitrogens with one attached hydrogen (secondary N) is 1. The highest BCUT2D eigenvalue weighted by Gasteiger charge is 2.27. The predicted octanol–water partition coefficient (Wildman–Crippen LogP) is 2.72. The minimum Gasteiger partial charge on any atom is -0.491 e. The van der Waals surface area contributed by atoms with E-state index in [0.717, 1.165) is 55.6 Å². The molecular weight excluding hydrogens is 340 g/mol. The van der Waals surface area contributed by atoms with Gasteiger partial charge in [0.25, 0.3) is 0 Å². The Balaban J connectivity index is 0.00000225. The summed E-state index contributed by atoms with van der Waals surface area (Å²) in [6.45, 7) is 3.93. The average Bonchev–Trinajstić information content (AvgIpc) is 3.23. The lowest BCUT2D eigenvalue weighted by Crippen LogP contribution is -2.30. The van der Waals surface area contributed by atoms with E-state index in [4.69, 9.17) is 15.2 Å². The standard InChI is InChI=1S/C19H28N2O3.ClH/c1-13-4-5-15(11-21-19(22)14-6-7-16(20)10-14)18(9-13)24-12-17-3-2-8-23-17;/h4-5,9,14,16-17H,2-3,6-8,10-12,20H2,1H3,(H,21,22);1H. The Kier molecular flexibility index (Phi) is 7.54. The number of ether oxygens (including phenoxy) is 2. The lowest BCUT2D eigenvalue weighted by Gasteiger charge is -2.17. The third kappa shape index (κ3) is 5.59. The first-order valence-corrected chi connectivity index (χ1v) is 8.99. The van der Waals surface area contributed by atoms with E-state index in [0.29, 0.717) is 13.2 Å². The number of hydrogen-bond acceptors (Lipinski definition) is 4. The first-order valence-electron chi connectivity index (χ1n) is 8.99. The van der Waals surface area contributed by atoms with Crippen LogP contribution in [0.5, 0.6) is 5.75 Å². The Labute approximate surface area is 156 Å². The van der Waals surface area contributed by atoms with Crippen LogP contribution in [0.1, 0.15) is 43.2 Å². The summed E-state index contributed by atoms with van der Waals surface area (Å²) in [5.74, 6) is 1.00. The molecule has 1 aromatic rings. The van der Waals surface area contributed by atoms with Crippen molar-refractivity contribution in [1.82, 2.24) is 5.32 Å². The highest BCUT2D eigenvalue weighted by molar-refractivity contribution is 5.85. The smallest absolute Gasteiger partial charge is 0.223 e. The fourth-order valence-electron chi connectivity index (χ4n) is 3.48. The Morgan fingerprint density at radius 1 is 1.36 bits per heavy atom. The van der Waals surface area contributed by atoms with E-state index in [-0.39, 0.29) is 36.4 Å². The summed E-state index contributed by atoms with van der Waals surface area (Å²) in [6, 6.07) is 6.28. The topological polar surface area (TPSA) is 73.6 Å². The van der Waals surface area contributed by atoms with E-state index in [9.17, 15) is 4.79 Å². The summed E-state index contributed by atoms with van der Waals surface area (Å²) in [7, 11) is 0. The first-order chi connectivity index (χ1) is 11.6. The highest BCUT2D eigenvalue weighted by atomic mass is 35.5. The summed E-state index contributed by atoms with van der Waals surface area (Å²) in [4.78, 5) is 12.3. The molecule has 2 fully saturated rings. The van der Waals surface area contributed by atoms with Crippen molar-refractivity contribution in [2.45, 2.75) is 57.7 Å².